The molecule has 2 fully saturated rings. The molecule has 1 aromatic heterocycles. The van der Waals surface area contributed by atoms with Gasteiger partial charge in [-0.15, -0.1) is 0 Å². The monoisotopic (exact) mass is 413 g/mol. The van der Waals surface area contributed by atoms with Crippen molar-refractivity contribution in [3.63, 3.8) is 0 Å². The van der Waals surface area contributed by atoms with Crippen molar-refractivity contribution in [3.05, 3.63) is 41.4 Å². The molecular formula is C21H24FN5O3. The van der Waals surface area contributed by atoms with E-state index in [4.69, 9.17) is 5.73 Å². The Morgan fingerprint density at radius 3 is 2.67 bits per heavy atom. The van der Waals surface area contributed by atoms with Gasteiger partial charge in [0.15, 0.2) is 5.69 Å². The van der Waals surface area contributed by atoms with Gasteiger partial charge in [-0.05, 0) is 44.2 Å². The number of nitrogens with zero attached hydrogens (tertiary/aromatic N) is 3. The number of benzene rings is 1. The number of carbonyl (C=O) groups excluding carboxylic acids is 3. The second kappa shape index (κ2) is 7.55. The van der Waals surface area contributed by atoms with Crippen molar-refractivity contribution in [2.75, 3.05) is 6.54 Å². The first-order valence-electron chi connectivity index (χ1n) is 9.94. The van der Waals surface area contributed by atoms with Gasteiger partial charge in [-0.1, -0.05) is 18.2 Å². The first kappa shape index (κ1) is 20.1. The number of fused-ring (bicyclic) bond motifs is 2. The highest BCUT2D eigenvalue weighted by Crippen LogP contribution is 2.48. The molecule has 1 saturated carbocycles. The van der Waals surface area contributed by atoms with Crippen LogP contribution in [-0.4, -0.2) is 51.0 Å². The molecule has 3 N–H and O–H groups in total. The minimum absolute atomic E-state index is 0.0268. The second-order valence-electron chi connectivity index (χ2n) is 8.13. The number of nitrogens with one attached hydrogen (secondary N) is 1. The molecule has 30 heavy (non-hydrogen) atoms. The molecule has 3 amide bonds. The van der Waals surface area contributed by atoms with E-state index in [0.717, 1.165) is 6.42 Å². The predicted octanol–water partition coefficient (Wildman–Crippen LogP) is 1.50. The molecular weight excluding hydrogens is 389 g/mol. The fraction of sp³-hybridized carbons (Fsp3) is 0.429. The highest BCUT2D eigenvalue weighted by Gasteiger charge is 2.55. The molecule has 8 nitrogen and oxygen atoms in total. The smallest absolute Gasteiger partial charge is 0.269 e. The van der Waals surface area contributed by atoms with Crippen LogP contribution in [0.15, 0.2) is 35.7 Å². The lowest BCUT2D eigenvalue weighted by molar-refractivity contribution is -0.140. The van der Waals surface area contributed by atoms with Gasteiger partial charge in [-0.25, -0.2) is 4.39 Å². The number of rotatable bonds is 6. The number of carbonyl (C=O) groups is 3. The number of para-hydroxylation sites is 1. The fourth-order valence-corrected chi connectivity index (χ4v) is 4.15. The summed E-state index contributed by atoms with van der Waals surface area (Å²) in [6.07, 6.45) is 1.44. The predicted molar refractivity (Wildman–Crippen MR) is 108 cm³/mol. The number of amides is 3. The Morgan fingerprint density at radius 2 is 1.97 bits per heavy atom. The van der Waals surface area contributed by atoms with Crippen LogP contribution in [0.2, 0.25) is 0 Å². The number of hydrogen-bond acceptors (Lipinski definition) is 4. The van der Waals surface area contributed by atoms with Crippen LogP contribution in [0.1, 0.15) is 37.2 Å². The SMILES string of the molecule is CC(C)=C(F)CNC(=O)[C@@H]1C[C@H]2C[C@H]2N1C(=O)Cn1nc(C(N)=O)c2ccccc21. The second-order valence-corrected chi connectivity index (χ2v) is 8.13. The Morgan fingerprint density at radius 1 is 1.23 bits per heavy atom. The van der Waals surface area contributed by atoms with E-state index in [-0.39, 0.29) is 42.5 Å². The zero-order valence-corrected chi connectivity index (χ0v) is 16.9. The van der Waals surface area contributed by atoms with E-state index >= 15 is 0 Å². The Bertz CT molecular complexity index is 1070. The van der Waals surface area contributed by atoms with Crippen molar-refractivity contribution in [2.45, 2.75) is 45.3 Å². The quantitative estimate of drug-likeness (QED) is 0.748. The summed E-state index contributed by atoms with van der Waals surface area (Å²) in [4.78, 5) is 39.1. The first-order valence-corrected chi connectivity index (χ1v) is 9.94. The van der Waals surface area contributed by atoms with Crippen molar-refractivity contribution < 1.29 is 18.8 Å². The van der Waals surface area contributed by atoms with Gasteiger partial charge >= 0.3 is 0 Å². The topological polar surface area (TPSA) is 110 Å². The summed E-state index contributed by atoms with van der Waals surface area (Å²) in [5, 5.41) is 7.40. The Kier molecular flexibility index (Phi) is 5.05. The van der Waals surface area contributed by atoms with E-state index in [1.807, 2.05) is 0 Å². The summed E-state index contributed by atoms with van der Waals surface area (Å²) in [5.41, 5.74) is 6.66. The van der Waals surface area contributed by atoms with Crippen LogP contribution in [0.3, 0.4) is 0 Å². The van der Waals surface area contributed by atoms with E-state index in [9.17, 15) is 18.8 Å². The number of halogens is 1. The van der Waals surface area contributed by atoms with Crippen LogP contribution in [0.4, 0.5) is 4.39 Å². The number of primary amides is 1. The molecule has 1 aromatic carbocycles. The third-order valence-corrected chi connectivity index (χ3v) is 5.83. The van der Waals surface area contributed by atoms with Crippen molar-refractivity contribution in [2.24, 2.45) is 11.7 Å². The van der Waals surface area contributed by atoms with Crippen LogP contribution < -0.4 is 11.1 Å². The summed E-state index contributed by atoms with van der Waals surface area (Å²) >= 11 is 0. The van der Waals surface area contributed by atoms with E-state index < -0.39 is 11.9 Å². The van der Waals surface area contributed by atoms with Crippen LogP contribution in [0.25, 0.3) is 10.9 Å². The van der Waals surface area contributed by atoms with Gasteiger partial charge < -0.3 is 16.0 Å². The molecule has 9 heteroatoms. The van der Waals surface area contributed by atoms with Gasteiger partial charge in [0, 0.05) is 11.4 Å². The summed E-state index contributed by atoms with van der Waals surface area (Å²) in [6.45, 7) is 2.98. The van der Waals surface area contributed by atoms with Crippen molar-refractivity contribution in [1.82, 2.24) is 20.0 Å². The minimum Gasteiger partial charge on any atom is -0.364 e. The number of piperidine rings is 1. The maximum atomic E-state index is 13.8. The zero-order valence-electron chi connectivity index (χ0n) is 16.9. The number of hydrogen-bond donors (Lipinski definition) is 2. The molecule has 2 heterocycles. The molecule has 0 radical (unpaired) electrons. The molecule has 3 atom stereocenters. The van der Waals surface area contributed by atoms with E-state index in [1.165, 1.54) is 4.68 Å². The van der Waals surface area contributed by atoms with Crippen LogP contribution in [-0.2, 0) is 16.1 Å². The third kappa shape index (κ3) is 3.55. The lowest BCUT2D eigenvalue weighted by Crippen LogP contribution is -2.49. The molecule has 1 aliphatic heterocycles. The number of allylic oxidation sites excluding steroid dienone is 1. The Balaban J connectivity index is 1.53. The van der Waals surface area contributed by atoms with E-state index in [2.05, 4.69) is 10.4 Å². The lowest BCUT2D eigenvalue weighted by Gasteiger charge is -2.27. The fourth-order valence-electron chi connectivity index (χ4n) is 4.15. The van der Waals surface area contributed by atoms with Gasteiger partial charge in [0.05, 0.1) is 12.1 Å². The maximum absolute atomic E-state index is 13.8. The van der Waals surface area contributed by atoms with Crippen molar-refractivity contribution >= 4 is 28.6 Å². The normalized spacial score (nSPS) is 22.0. The summed E-state index contributed by atoms with van der Waals surface area (Å²) in [7, 11) is 0. The molecule has 158 valence electrons. The highest BCUT2D eigenvalue weighted by molar-refractivity contribution is 6.04. The average molecular weight is 413 g/mol. The van der Waals surface area contributed by atoms with Crippen LogP contribution in [0, 0.1) is 5.92 Å². The van der Waals surface area contributed by atoms with Gasteiger partial charge in [-0.3, -0.25) is 19.1 Å². The number of nitrogens with two attached hydrogens (primary N) is 1. The molecule has 2 aromatic rings. The molecule has 4 rings (SSSR count). The van der Waals surface area contributed by atoms with Gasteiger partial charge in [0.25, 0.3) is 5.91 Å². The minimum atomic E-state index is -0.667. The highest BCUT2D eigenvalue weighted by atomic mass is 19.1. The first-order chi connectivity index (χ1) is 14.3. The lowest BCUT2D eigenvalue weighted by atomic mass is 10.1. The van der Waals surface area contributed by atoms with Crippen molar-refractivity contribution in [1.29, 1.82) is 0 Å². The average Bonchev–Trinajstić information content (AvgIpc) is 3.21. The van der Waals surface area contributed by atoms with Gasteiger partial charge in [-0.2, -0.15) is 5.10 Å². The van der Waals surface area contributed by atoms with Crippen molar-refractivity contribution in [3.8, 4) is 0 Å². The Hall–Kier alpha value is -3.23. The molecule has 1 saturated heterocycles. The molecule has 2 aliphatic rings. The van der Waals surface area contributed by atoms with E-state index in [1.54, 1.807) is 43.0 Å². The number of likely N-dealkylation sites (tertiary alicyclic amines) is 1. The van der Waals surface area contributed by atoms with Gasteiger partial charge in [0.2, 0.25) is 11.8 Å². The zero-order chi connectivity index (χ0) is 21.6. The largest absolute Gasteiger partial charge is 0.364 e. The molecule has 0 unspecified atom stereocenters. The van der Waals surface area contributed by atoms with Gasteiger partial charge in [0.1, 0.15) is 18.4 Å². The summed E-state index contributed by atoms with van der Waals surface area (Å²) in [6, 6.07) is 6.45. The van der Waals surface area contributed by atoms with Crippen LogP contribution >= 0.6 is 0 Å². The maximum Gasteiger partial charge on any atom is 0.269 e. The number of aromatic nitrogens is 2. The summed E-state index contributed by atoms with van der Waals surface area (Å²) in [5.74, 6) is -1.36. The van der Waals surface area contributed by atoms with E-state index in [0.29, 0.717) is 28.8 Å². The van der Waals surface area contributed by atoms with Crippen LogP contribution in [0.5, 0.6) is 0 Å². The molecule has 0 bridgehead atoms. The molecule has 0 spiro atoms. The standard InChI is InChI=1S/C21H24FN5O3/c1-11(2)14(22)9-24-21(30)17-8-12-7-16(12)27(17)18(28)10-26-15-6-4-3-5-13(15)19(25-26)20(23)29/h3-6,12,16-17H,7-10H2,1-2H3,(H2,23,29)(H,24,30)/t12-,16-,17+/m1/s1. The summed E-state index contributed by atoms with van der Waals surface area (Å²) < 4.78 is 15.2. The third-order valence-electron chi connectivity index (χ3n) is 5.83. The Labute approximate surface area is 172 Å². The molecule has 1 aliphatic carbocycles.